The lowest BCUT2D eigenvalue weighted by molar-refractivity contribution is 0.0696. The lowest BCUT2D eigenvalue weighted by Crippen LogP contribution is -1.97. The molecule has 2 rings (SSSR count). The minimum Gasteiger partial charge on any atom is -0.505 e. The Kier molecular flexibility index (Phi) is 2.00. The molecule has 0 spiro atoms. The maximum atomic E-state index is 13.0. The Morgan fingerprint density at radius 1 is 1.33 bits per heavy atom. The second-order valence-corrected chi connectivity index (χ2v) is 3.03. The van der Waals surface area contributed by atoms with Crippen molar-refractivity contribution in [1.82, 2.24) is 4.98 Å². The number of rotatable bonds is 1. The highest BCUT2D eigenvalue weighted by Gasteiger charge is 2.07. The zero-order valence-corrected chi connectivity index (χ0v) is 7.44. The van der Waals surface area contributed by atoms with Gasteiger partial charge in [-0.2, -0.15) is 0 Å². The van der Waals surface area contributed by atoms with Crippen molar-refractivity contribution < 1.29 is 19.4 Å². The van der Waals surface area contributed by atoms with Crippen molar-refractivity contribution in [1.29, 1.82) is 0 Å². The number of pyridine rings is 1. The molecule has 0 aliphatic carbocycles. The first kappa shape index (κ1) is 9.39. The summed E-state index contributed by atoms with van der Waals surface area (Å²) in [7, 11) is 0. The van der Waals surface area contributed by atoms with Crippen molar-refractivity contribution in [3.05, 3.63) is 35.8 Å². The first-order valence-corrected chi connectivity index (χ1v) is 4.09. The summed E-state index contributed by atoms with van der Waals surface area (Å²) in [6.45, 7) is 0. The van der Waals surface area contributed by atoms with E-state index >= 15 is 0 Å². The summed E-state index contributed by atoms with van der Waals surface area (Å²) in [6, 6.07) is 3.49. The van der Waals surface area contributed by atoms with Crippen LogP contribution in [-0.2, 0) is 0 Å². The Bertz CT molecular complexity index is 554. The van der Waals surface area contributed by atoms with Crippen molar-refractivity contribution in [3.63, 3.8) is 0 Å². The highest BCUT2D eigenvalue weighted by Crippen LogP contribution is 2.22. The van der Waals surface area contributed by atoms with Crippen LogP contribution in [0.5, 0.6) is 5.75 Å². The number of phenols is 1. The van der Waals surface area contributed by atoms with Gasteiger partial charge in [0.1, 0.15) is 0 Å². The standard InChI is InChI=1S/C10H6FNO3/c11-7-2-5-1-6(10(14)15)4-12-8(5)3-9(7)13/h1-4,13H,(H,14,15). The van der Waals surface area contributed by atoms with Gasteiger partial charge in [-0.1, -0.05) is 0 Å². The van der Waals surface area contributed by atoms with Crippen LogP contribution >= 0.6 is 0 Å². The van der Waals surface area contributed by atoms with E-state index in [4.69, 9.17) is 10.2 Å². The molecule has 4 nitrogen and oxygen atoms in total. The van der Waals surface area contributed by atoms with Crippen LogP contribution in [0.15, 0.2) is 24.4 Å². The van der Waals surface area contributed by atoms with Gasteiger partial charge >= 0.3 is 5.97 Å². The molecule has 0 saturated heterocycles. The number of benzene rings is 1. The van der Waals surface area contributed by atoms with E-state index in [2.05, 4.69) is 4.98 Å². The van der Waals surface area contributed by atoms with Crippen LogP contribution in [-0.4, -0.2) is 21.2 Å². The van der Waals surface area contributed by atoms with Crippen molar-refractivity contribution in [2.75, 3.05) is 0 Å². The summed E-state index contributed by atoms with van der Waals surface area (Å²) in [5.74, 6) is -2.43. The molecule has 0 aliphatic heterocycles. The van der Waals surface area contributed by atoms with Gasteiger partial charge in [-0.15, -0.1) is 0 Å². The molecule has 0 bridgehead atoms. The fraction of sp³-hybridized carbons (Fsp3) is 0. The van der Waals surface area contributed by atoms with Crippen LogP contribution in [0.4, 0.5) is 4.39 Å². The Morgan fingerprint density at radius 2 is 2.07 bits per heavy atom. The summed E-state index contributed by atoms with van der Waals surface area (Å²) in [5, 5.41) is 18.1. The summed E-state index contributed by atoms with van der Waals surface area (Å²) < 4.78 is 13.0. The largest absolute Gasteiger partial charge is 0.505 e. The molecular formula is C10H6FNO3. The summed E-state index contributed by atoms with van der Waals surface area (Å²) >= 11 is 0. The number of halogens is 1. The Morgan fingerprint density at radius 3 is 2.73 bits per heavy atom. The minimum absolute atomic E-state index is 0.0208. The third-order valence-electron chi connectivity index (χ3n) is 2.00. The predicted molar refractivity (Wildman–Crippen MR) is 50.3 cm³/mol. The lowest BCUT2D eigenvalue weighted by Gasteiger charge is -2.00. The van der Waals surface area contributed by atoms with Crippen LogP contribution in [0, 0.1) is 5.82 Å². The number of hydrogen-bond acceptors (Lipinski definition) is 3. The molecule has 0 aliphatic rings. The second-order valence-electron chi connectivity index (χ2n) is 3.03. The molecule has 0 saturated carbocycles. The molecule has 0 atom stereocenters. The van der Waals surface area contributed by atoms with Gasteiger partial charge in [0.2, 0.25) is 0 Å². The third-order valence-corrected chi connectivity index (χ3v) is 2.00. The number of carbonyl (C=O) groups is 1. The number of fused-ring (bicyclic) bond motifs is 1. The van der Waals surface area contributed by atoms with Crippen LogP contribution < -0.4 is 0 Å². The van der Waals surface area contributed by atoms with Crippen molar-refractivity contribution in [2.45, 2.75) is 0 Å². The van der Waals surface area contributed by atoms with E-state index in [9.17, 15) is 9.18 Å². The first-order chi connectivity index (χ1) is 7.08. The summed E-state index contributed by atoms with van der Waals surface area (Å²) in [6.07, 6.45) is 1.15. The van der Waals surface area contributed by atoms with E-state index in [1.807, 2.05) is 0 Å². The fourth-order valence-electron chi connectivity index (χ4n) is 1.25. The predicted octanol–water partition coefficient (Wildman–Crippen LogP) is 1.78. The van der Waals surface area contributed by atoms with Gasteiger partial charge in [0, 0.05) is 17.6 Å². The van der Waals surface area contributed by atoms with Gasteiger partial charge in [-0.3, -0.25) is 4.98 Å². The Labute approximate surface area is 83.6 Å². The summed E-state index contributed by atoms with van der Waals surface area (Å²) in [5.41, 5.74) is 0.325. The van der Waals surface area contributed by atoms with Crippen LogP contribution in [0.25, 0.3) is 10.9 Å². The van der Waals surface area contributed by atoms with Gasteiger partial charge in [-0.25, -0.2) is 9.18 Å². The van der Waals surface area contributed by atoms with Gasteiger partial charge in [0.05, 0.1) is 11.1 Å². The maximum absolute atomic E-state index is 13.0. The van der Waals surface area contributed by atoms with Crippen molar-refractivity contribution in [3.8, 4) is 5.75 Å². The molecule has 2 aromatic rings. The topological polar surface area (TPSA) is 70.4 Å². The van der Waals surface area contributed by atoms with E-state index in [1.165, 1.54) is 6.07 Å². The normalized spacial score (nSPS) is 10.5. The Balaban J connectivity index is 2.72. The zero-order valence-electron chi connectivity index (χ0n) is 7.44. The van der Waals surface area contributed by atoms with Crippen molar-refractivity contribution in [2.24, 2.45) is 0 Å². The molecule has 0 amide bonds. The fourth-order valence-corrected chi connectivity index (χ4v) is 1.25. The van der Waals surface area contributed by atoms with E-state index in [-0.39, 0.29) is 5.56 Å². The number of carboxylic acid groups (broad SMARTS) is 1. The average molecular weight is 207 g/mol. The number of nitrogens with zero attached hydrogens (tertiary/aromatic N) is 1. The maximum Gasteiger partial charge on any atom is 0.337 e. The molecule has 0 unspecified atom stereocenters. The highest BCUT2D eigenvalue weighted by atomic mass is 19.1. The average Bonchev–Trinajstić information content (AvgIpc) is 2.19. The highest BCUT2D eigenvalue weighted by molar-refractivity contribution is 5.92. The first-order valence-electron chi connectivity index (χ1n) is 4.09. The second kappa shape index (κ2) is 3.20. The van der Waals surface area contributed by atoms with Crippen LogP contribution in [0.3, 0.4) is 0 Å². The van der Waals surface area contributed by atoms with E-state index in [0.717, 1.165) is 18.3 Å². The zero-order chi connectivity index (χ0) is 11.0. The van der Waals surface area contributed by atoms with E-state index in [1.54, 1.807) is 0 Å². The SMILES string of the molecule is O=C(O)c1cnc2cc(O)c(F)cc2c1. The molecule has 0 radical (unpaired) electrons. The van der Waals surface area contributed by atoms with Gasteiger partial charge < -0.3 is 10.2 Å². The van der Waals surface area contributed by atoms with Gasteiger partial charge in [0.25, 0.3) is 0 Å². The van der Waals surface area contributed by atoms with Crippen LogP contribution in [0.1, 0.15) is 10.4 Å². The number of hydrogen-bond donors (Lipinski definition) is 2. The van der Waals surface area contributed by atoms with E-state index in [0.29, 0.717) is 10.9 Å². The number of carboxylic acids is 1. The number of aromatic nitrogens is 1. The van der Waals surface area contributed by atoms with Crippen molar-refractivity contribution >= 4 is 16.9 Å². The number of aromatic hydroxyl groups is 1. The molecular weight excluding hydrogens is 201 g/mol. The molecule has 5 heteroatoms. The molecule has 15 heavy (non-hydrogen) atoms. The van der Waals surface area contributed by atoms with Crippen LogP contribution in [0.2, 0.25) is 0 Å². The number of phenolic OH excluding ortho intramolecular Hbond substituents is 1. The smallest absolute Gasteiger partial charge is 0.337 e. The minimum atomic E-state index is -1.13. The lowest BCUT2D eigenvalue weighted by atomic mass is 10.1. The number of aromatic carboxylic acids is 1. The van der Waals surface area contributed by atoms with Gasteiger partial charge in [0.15, 0.2) is 11.6 Å². The molecule has 0 fully saturated rings. The Hall–Kier alpha value is -2.17. The third kappa shape index (κ3) is 1.59. The quantitative estimate of drug-likeness (QED) is 0.747. The molecule has 76 valence electrons. The monoisotopic (exact) mass is 207 g/mol. The summed E-state index contributed by atoms with van der Waals surface area (Å²) in [4.78, 5) is 14.4. The molecule has 1 heterocycles. The molecule has 1 aromatic carbocycles. The molecule has 2 N–H and O–H groups in total. The van der Waals surface area contributed by atoms with Gasteiger partial charge in [-0.05, 0) is 12.1 Å². The van der Waals surface area contributed by atoms with E-state index < -0.39 is 17.5 Å². The molecule has 1 aromatic heterocycles.